The van der Waals surface area contributed by atoms with Crippen molar-refractivity contribution in [1.82, 2.24) is 4.90 Å². The molecule has 1 aliphatic carbocycles. The summed E-state index contributed by atoms with van der Waals surface area (Å²) >= 11 is 1.77. The summed E-state index contributed by atoms with van der Waals surface area (Å²) in [5.74, 6) is 0. The van der Waals surface area contributed by atoms with Crippen LogP contribution in [-0.2, 0) is 6.54 Å². The summed E-state index contributed by atoms with van der Waals surface area (Å²) in [5, 5.41) is 4.41. The maximum Gasteiger partial charge on any atom is 0.0479 e. The van der Waals surface area contributed by atoms with E-state index in [9.17, 15) is 0 Å². The van der Waals surface area contributed by atoms with E-state index in [1.165, 1.54) is 29.5 Å². The van der Waals surface area contributed by atoms with Gasteiger partial charge >= 0.3 is 0 Å². The molecule has 1 aliphatic rings. The summed E-state index contributed by atoms with van der Waals surface area (Å²) in [6.07, 6.45) is 2.62. The van der Waals surface area contributed by atoms with Crippen molar-refractivity contribution in [3.63, 3.8) is 0 Å². The van der Waals surface area contributed by atoms with Crippen LogP contribution < -0.4 is 5.73 Å². The monoisotopic (exact) mass is 286 g/mol. The lowest BCUT2D eigenvalue weighted by molar-refractivity contribution is 0.181. The van der Waals surface area contributed by atoms with Gasteiger partial charge in [0.1, 0.15) is 0 Å². The van der Waals surface area contributed by atoms with Crippen molar-refractivity contribution in [2.75, 3.05) is 6.54 Å². The fourth-order valence-electron chi connectivity index (χ4n) is 2.90. The molecular weight excluding hydrogens is 264 g/mol. The van der Waals surface area contributed by atoms with E-state index in [0.29, 0.717) is 18.6 Å². The van der Waals surface area contributed by atoms with E-state index in [-0.39, 0.29) is 0 Å². The summed E-state index contributed by atoms with van der Waals surface area (Å²) in [6, 6.07) is 11.9. The molecule has 1 saturated carbocycles. The van der Waals surface area contributed by atoms with Crippen LogP contribution in [0, 0.1) is 6.92 Å². The van der Waals surface area contributed by atoms with E-state index >= 15 is 0 Å². The average molecular weight is 286 g/mol. The van der Waals surface area contributed by atoms with Crippen molar-refractivity contribution in [1.29, 1.82) is 0 Å². The van der Waals surface area contributed by atoms with Crippen LogP contribution in [0.3, 0.4) is 0 Å². The van der Waals surface area contributed by atoms with Gasteiger partial charge in [-0.2, -0.15) is 11.3 Å². The van der Waals surface area contributed by atoms with Gasteiger partial charge in [-0.25, -0.2) is 0 Å². The van der Waals surface area contributed by atoms with Gasteiger partial charge in [-0.05, 0) is 53.3 Å². The summed E-state index contributed by atoms with van der Waals surface area (Å²) in [7, 11) is 0. The Kier molecular flexibility index (Phi) is 4.20. The van der Waals surface area contributed by atoms with E-state index in [2.05, 4.69) is 52.9 Å². The molecule has 2 aromatic rings. The van der Waals surface area contributed by atoms with Gasteiger partial charge in [-0.3, -0.25) is 4.90 Å². The molecule has 0 amide bonds. The lowest BCUT2D eigenvalue weighted by Gasteiger charge is -2.32. The lowest BCUT2D eigenvalue weighted by atomic mass is 9.99. The Morgan fingerprint density at radius 2 is 2.10 bits per heavy atom. The Labute approximate surface area is 125 Å². The fraction of sp³-hybridized carbons (Fsp3) is 0.412. The molecule has 2 N–H and O–H groups in total. The molecule has 0 spiro atoms. The van der Waals surface area contributed by atoms with Crippen LogP contribution in [0.25, 0.3) is 0 Å². The zero-order valence-corrected chi connectivity index (χ0v) is 12.8. The molecule has 1 atom stereocenters. The molecule has 0 bridgehead atoms. The summed E-state index contributed by atoms with van der Waals surface area (Å²) in [5.41, 5.74) is 10.3. The second-order valence-electron chi connectivity index (χ2n) is 5.64. The number of hydrogen-bond donors (Lipinski definition) is 1. The third kappa shape index (κ3) is 2.95. The first-order chi connectivity index (χ1) is 9.79. The SMILES string of the molecule is Cc1ccccc1C(CN)N(Cc1ccsc1)C1CC1. The van der Waals surface area contributed by atoms with Crippen LogP contribution in [0.15, 0.2) is 41.1 Å². The van der Waals surface area contributed by atoms with Crippen LogP contribution in [0.1, 0.15) is 35.6 Å². The van der Waals surface area contributed by atoms with Gasteiger partial charge in [0.15, 0.2) is 0 Å². The maximum absolute atomic E-state index is 6.13. The molecule has 3 heteroatoms. The number of benzene rings is 1. The minimum Gasteiger partial charge on any atom is -0.329 e. The van der Waals surface area contributed by atoms with E-state index in [4.69, 9.17) is 5.73 Å². The minimum absolute atomic E-state index is 0.337. The summed E-state index contributed by atoms with van der Waals surface area (Å²) in [4.78, 5) is 2.60. The molecule has 1 heterocycles. The van der Waals surface area contributed by atoms with Crippen LogP contribution in [0.4, 0.5) is 0 Å². The average Bonchev–Trinajstić information content (AvgIpc) is 3.18. The highest BCUT2D eigenvalue weighted by molar-refractivity contribution is 7.07. The largest absolute Gasteiger partial charge is 0.329 e. The van der Waals surface area contributed by atoms with Crippen molar-refractivity contribution in [3.8, 4) is 0 Å². The Balaban J connectivity index is 1.86. The van der Waals surface area contributed by atoms with Gasteiger partial charge in [0.2, 0.25) is 0 Å². The van der Waals surface area contributed by atoms with Crippen LogP contribution >= 0.6 is 11.3 Å². The Morgan fingerprint density at radius 1 is 1.30 bits per heavy atom. The number of aryl methyl sites for hydroxylation is 1. The number of nitrogens with two attached hydrogens (primary N) is 1. The predicted octanol–water partition coefficient (Wildman–Crippen LogP) is 3.72. The molecule has 0 aliphatic heterocycles. The zero-order valence-electron chi connectivity index (χ0n) is 12.0. The van der Waals surface area contributed by atoms with Crippen molar-refractivity contribution in [3.05, 3.63) is 57.8 Å². The third-order valence-corrected chi connectivity index (χ3v) is 4.86. The second-order valence-corrected chi connectivity index (χ2v) is 6.42. The van der Waals surface area contributed by atoms with E-state index in [0.717, 1.165) is 6.54 Å². The topological polar surface area (TPSA) is 29.3 Å². The smallest absolute Gasteiger partial charge is 0.0479 e. The molecule has 0 radical (unpaired) electrons. The Morgan fingerprint density at radius 3 is 2.70 bits per heavy atom. The maximum atomic E-state index is 6.13. The molecule has 2 nitrogen and oxygen atoms in total. The highest BCUT2D eigenvalue weighted by atomic mass is 32.1. The van der Waals surface area contributed by atoms with Crippen LogP contribution in [0.2, 0.25) is 0 Å². The van der Waals surface area contributed by atoms with Crippen molar-refractivity contribution in [2.45, 2.75) is 38.4 Å². The fourth-order valence-corrected chi connectivity index (χ4v) is 3.55. The van der Waals surface area contributed by atoms with E-state index < -0.39 is 0 Å². The lowest BCUT2D eigenvalue weighted by Crippen LogP contribution is -2.35. The number of rotatable bonds is 6. The first-order valence-electron chi connectivity index (χ1n) is 7.32. The summed E-state index contributed by atoms with van der Waals surface area (Å²) in [6.45, 7) is 3.89. The van der Waals surface area contributed by atoms with Gasteiger partial charge in [-0.1, -0.05) is 24.3 Å². The van der Waals surface area contributed by atoms with Gasteiger partial charge < -0.3 is 5.73 Å². The van der Waals surface area contributed by atoms with Gasteiger partial charge in [-0.15, -0.1) is 0 Å². The number of thiophene rings is 1. The first kappa shape index (κ1) is 13.8. The molecule has 3 rings (SSSR count). The molecule has 1 aromatic heterocycles. The third-order valence-electron chi connectivity index (χ3n) is 4.13. The Hall–Kier alpha value is -1.16. The molecule has 0 saturated heterocycles. The quantitative estimate of drug-likeness (QED) is 0.877. The number of hydrogen-bond acceptors (Lipinski definition) is 3. The molecule has 1 aromatic carbocycles. The normalized spacial score (nSPS) is 16.6. The molecule has 20 heavy (non-hydrogen) atoms. The Bertz CT molecular complexity index is 546. The molecule has 1 unspecified atom stereocenters. The highest BCUT2D eigenvalue weighted by Gasteiger charge is 2.34. The standard InChI is InChI=1S/C17H22N2S/c1-13-4-2-3-5-16(13)17(10-18)19(15-6-7-15)11-14-8-9-20-12-14/h2-5,8-9,12,15,17H,6-7,10-11,18H2,1H3. The first-order valence-corrected chi connectivity index (χ1v) is 8.26. The van der Waals surface area contributed by atoms with Crippen molar-refractivity contribution in [2.24, 2.45) is 5.73 Å². The van der Waals surface area contributed by atoms with E-state index in [1.54, 1.807) is 11.3 Å². The van der Waals surface area contributed by atoms with Gasteiger partial charge in [0.25, 0.3) is 0 Å². The van der Waals surface area contributed by atoms with Crippen LogP contribution in [-0.4, -0.2) is 17.5 Å². The van der Waals surface area contributed by atoms with Gasteiger partial charge in [0.05, 0.1) is 0 Å². The van der Waals surface area contributed by atoms with Crippen molar-refractivity contribution >= 4 is 11.3 Å². The highest BCUT2D eigenvalue weighted by Crippen LogP contribution is 2.36. The second kappa shape index (κ2) is 6.08. The molecular formula is C17H22N2S. The van der Waals surface area contributed by atoms with E-state index in [1.807, 2.05) is 0 Å². The van der Waals surface area contributed by atoms with Crippen LogP contribution in [0.5, 0.6) is 0 Å². The van der Waals surface area contributed by atoms with Gasteiger partial charge in [0, 0.05) is 25.2 Å². The predicted molar refractivity (Wildman–Crippen MR) is 85.9 cm³/mol. The zero-order chi connectivity index (χ0) is 13.9. The summed E-state index contributed by atoms with van der Waals surface area (Å²) < 4.78 is 0. The number of nitrogens with zero attached hydrogens (tertiary/aromatic N) is 1. The minimum atomic E-state index is 0.337. The molecule has 1 fully saturated rings. The van der Waals surface area contributed by atoms with Crippen molar-refractivity contribution < 1.29 is 0 Å². The molecule has 106 valence electrons.